The highest BCUT2D eigenvalue weighted by Crippen LogP contribution is 2.48. The van der Waals surface area contributed by atoms with Gasteiger partial charge in [-0.25, -0.2) is 4.39 Å². The van der Waals surface area contributed by atoms with Gasteiger partial charge in [0.2, 0.25) is 0 Å². The second-order valence-corrected chi connectivity index (χ2v) is 6.11. The molecular weight excluding hydrogens is 245 g/mol. The molecule has 1 aliphatic rings. The molecule has 1 saturated carbocycles. The second kappa shape index (κ2) is 4.98. The zero-order valence-corrected chi connectivity index (χ0v) is 11.4. The van der Waals surface area contributed by atoms with Crippen molar-refractivity contribution in [3.8, 4) is 0 Å². The summed E-state index contributed by atoms with van der Waals surface area (Å²) < 4.78 is 14.7. The monoisotopic (exact) mass is 263 g/mol. The largest absolute Gasteiger partial charge is 0.312 e. The Morgan fingerprint density at radius 1 is 1.39 bits per heavy atom. The SMILES string of the molecule is CCCNCc1sc2c(F)cccc2c1C1CC1. The van der Waals surface area contributed by atoms with Crippen LogP contribution in [0.3, 0.4) is 0 Å². The zero-order chi connectivity index (χ0) is 12.5. The summed E-state index contributed by atoms with van der Waals surface area (Å²) >= 11 is 1.63. The van der Waals surface area contributed by atoms with E-state index in [1.54, 1.807) is 17.4 Å². The van der Waals surface area contributed by atoms with Crippen LogP contribution >= 0.6 is 11.3 Å². The van der Waals surface area contributed by atoms with E-state index in [1.807, 2.05) is 6.07 Å². The molecule has 1 aromatic carbocycles. The number of thiophene rings is 1. The molecule has 0 radical (unpaired) electrons. The van der Waals surface area contributed by atoms with Crippen LogP contribution < -0.4 is 5.32 Å². The van der Waals surface area contributed by atoms with Crippen molar-refractivity contribution in [2.45, 2.75) is 38.6 Å². The summed E-state index contributed by atoms with van der Waals surface area (Å²) in [5, 5.41) is 4.59. The van der Waals surface area contributed by atoms with Crippen molar-refractivity contribution in [1.82, 2.24) is 5.32 Å². The average molecular weight is 263 g/mol. The molecule has 18 heavy (non-hydrogen) atoms. The summed E-state index contributed by atoms with van der Waals surface area (Å²) in [5.74, 6) is 0.611. The molecule has 1 nitrogen and oxygen atoms in total. The predicted molar refractivity (Wildman–Crippen MR) is 75.8 cm³/mol. The molecule has 1 aliphatic carbocycles. The van der Waals surface area contributed by atoms with Crippen LogP contribution in [0.2, 0.25) is 0 Å². The van der Waals surface area contributed by atoms with Crippen molar-refractivity contribution in [3.05, 3.63) is 34.5 Å². The Morgan fingerprint density at radius 2 is 2.22 bits per heavy atom. The molecule has 3 rings (SSSR count). The molecule has 1 aromatic heterocycles. The van der Waals surface area contributed by atoms with Crippen molar-refractivity contribution in [1.29, 1.82) is 0 Å². The lowest BCUT2D eigenvalue weighted by Crippen LogP contribution is -2.13. The van der Waals surface area contributed by atoms with Gasteiger partial charge in [0.25, 0.3) is 0 Å². The Balaban J connectivity index is 2.01. The Hall–Kier alpha value is -0.930. The maximum Gasteiger partial charge on any atom is 0.141 e. The maximum absolute atomic E-state index is 13.8. The fourth-order valence-corrected chi connectivity index (χ4v) is 3.74. The van der Waals surface area contributed by atoms with Gasteiger partial charge in [-0.3, -0.25) is 0 Å². The predicted octanol–water partition coefficient (Wildman–Crippen LogP) is 4.42. The molecular formula is C15H18FNS. The standard InChI is InChI=1S/C15H18FNS/c1-2-8-17-9-13-14(10-6-7-10)11-4-3-5-12(16)15(11)18-13/h3-5,10,17H,2,6-9H2,1H3. The quantitative estimate of drug-likeness (QED) is 0.787. The van der Waals surface area contributed by atoms with Gasteiger partial charge in [0.05, 0.1) is 4.70 Å². The molecule has 96 valence electrons. The van der Waals surface area contributed by atoms with Crippen molar-refractivity contribution >= 4 is 21.4 Å². The zero-order valence-electron chi connectivity index (χ0n) is 10.6. The van der Waals surface area contributed by atoms with Crippen LogP contribution in [0, 0.1) is 5.82 Å². The van der Waals surface area contributed by atoms with Gasteiger partial charge in [-0.05, 0) is 48.7 Å². The van der Waals surface area contributed by atoms with E-state index in [2.05, 4.69) is 18.3 Å². The van der Waals surface area contributed by atoms with E-state index in [-0.39, 0.29) is 5.82 Å². The molecule has 3 heteroatoms. The Morgan fingerprint density at radius 3 is 2.94 bits per heavy atom. The van der Waals surface area contributed by atoms with E-state index < -0.39 is 0 Å². The van der Waals surface area contributed by atoms with Crippen LogP contribution in [0.1, 0.15) is 42.5 Å². The number of halogens is 1. The second-order valence-electron chi connectivity index (χ2n) is 5.01. The highest BCUT2D eigenvalue weighted by molar-refractivity contribution is 7.19. The molecule has 0 unspecified atom stereocenters. The highest BCUT2D eigenvalue weighted by atomic mass is 32.1. The smallest absolute Gasteiger partial charge is 0.141 e. The Bertz CT molecular complexity index is 557. The van der Waals surface area contributed by atoms with E-state index in [0.717, 1.165) is 29.6 Å². The van der Waals surface area contributed by atoms with Crippen LogP contribution in [-0.2, 0) is 6.54 Å². The molecule has 0 saturated heterocycles. The summed E-state index contributed by atoms with van der Waals surface area (Å²) in [6, 6.07) is 5.48. The first kappa shape index (κ1) is 12.1. The summed E-state index contributed by atoms with van der Waals surface area (Å²) in [4.78, 5) is 1.34. The van der Waals surface area contributed by atoms with Crippen LogP contribution in [0.5, 0.6) is 0 Å². The fourth-order valence-electron chi connectivity index (χ4n) is 2.48. The minimum Gasteiger partial charge on any atom is -0.312 e. The van der Waals surface area contributed by atoms with E-state index >= 15 is 0 Å². The van der Waals surface area contributed by atoms with Gasteiger partial charge in [-0.1, -0.05) is 19.1 Å². The van der Waals surface area contributed by atoms with Crippen LogP contribution in [0.4, 0.5) is 4.39 Å². The Labute approximate surface area is 111 Å². The average Bonchev–Trinajstić information content (AvgIpc) is 3.12. The third-order valence-corrected chi connectivity index (χ3v) is 4.71. The number of fused-ring (bicyclic) bond motifs is 1. The summed E-state index contributed by atoms with van der Waals surface area (Å²) in [6.07, 6.45) is 3.67. The van der Waals surface area contributed by atoms with Gasteiger partial charge in [-0.15, -0.1) is 11.3 Å². The van der Waals surface area contributed by atoms with E-state index in [9.17, 15) is 4.39 Å². The number of nitrogens with one attached hydrogen (secondary N) is 1. The minimum atomic E-state index is -0.0684. The number of rotatable bonds is 5. The molecule has 0 aliphatic heterocycles. The molecule has 1 N–H and O–H groups in total. The van der Waals surface area contributed by atoms with Gasteiger partial charge in [0, 0.05) is 11.4 Å². The number of benzene rings is 1. The van der Waals surface area contributed by atoms with Gasteiger partial charge in [-0.2, -0.15) is 0 Å². The van der Waals surface area contributed by atoms with Crippen molar-refractivity contribution in [2.75, 3.05) is 6.54 Å². The summed E-state index contributed by atoms with van der Waals surface area (Å²) in [6.45, 7) is 4.08. The lowest BCUT2D eigenvalue weighted by atomic mass is 10.1. The molecule has 0 atom stereocenters. The Kier molecular flexibility index (Phi) is 3.35. The van der Waals surface area contributed by atoms with E-state index in [4.69, 9.17) is 0 Å². The highest BCUT2D eigenvalue weighted by Gasteiger charge is 2.29. The van der Waals surface area contributed by atoms with Crippen molar-refractivity contribution in [3.63, 3.8) is 0 Å². The molecule has 0 bridgehead atoms. The van der Waals surface area contributed by atoms with Gasteiger partial charge < -0.3 is 5.32 Å². The third kappa shape index (κ3) is 2.17. The van der Waals surface area contributed by atoms with E-state index in [0.29, 0.717) is 5.92 Å². The van der Waals surface area contributed by atoms with E-state index in [1.165, 1.54) is 23.3 Å². The van der Waals surface area contributed by atoms with Gasteiger partial charge in [0.15, 0.2) is 0 Å². The van der Waals surface area contributed by atoms with Crippen LogP contribution in [-0.4, -0.2) is 6.54 Å². The van der Waals surface area contributed by atoms with Crippen molar-refractivity contribution < 1.29 is 4.39 Å². The summed E-state index contributed by atoms with van der Waals surface area (Å²) in [5.41, 5.74) is 1.41. The molecule has 0 spiro atoms. The van der Waals surface area contributed by atoms with Crippen LogP contribution in [0.25, 0.3) is 10.1 Å². The minimum absolute atomic E-state index is 0.0684. The number of hydrogen-bond acceptors (Lipinski definition) is 2. The number of hydrogen-bond donors (Lipinski definition) is 1. The molecule has 1 fully saturated rings. The first-order chi connectivity index (χ1) is 8.81. The normalized spacial score (nSPS) is 15.4. The molecule has 2 aromatic rings. The molecule has 1 heterocycles. The lowest BCUT2D eigenvalue weighted by molar-refractivity contribution is 0.641. The first-order valence-electron chi connectivity index (χ1n) is 6.71. The fraction of sp³-hybridized carbons (Fsp3) is 0.467. The molecule has 0 amide bonds. The third-order valence-electron chi connectivity index (χ3n) is 3.48. The summed E-state index contributed by atoms with van der Waals surface area (Å²) in [7, 11) is 0. The topological polar surface area (TPSA) is 12.0 Å². The first-order valence-corrected chi connectivity index (χ1v) is 7.53. The lowest BCUT2D eigenvalue weighted by Gasteiger charge is -2.04. The van der Waals surface area contributed by atoms with Gasteiger partial charge >= 0.3 is 0 Å². The van der Waals surface area contributed by atoms with Crippen LogP contribution in [0.15, 0.2) is 18.2 Å². The van der Waals surface area contributed by atoms with Crippen molar-refractivity contribution in [2.24, 2.45) is 0 Å². The van der Waals surface area contributed by atoms with Gasteiger partial charge in [0.1, 0.15) is 5.82 Å². The maximum atomic E-state index is 13.8.